The summed E-state index contributed by atoms with van der Waals surface area (Å²) in [7, 11) is 0. The lowest BCUT2D eigenvalue weighted by Crippen LogP contribution is -2.36. The highest BCUT2D eigenvalue weighted by Gasteiger charge is 2.32. The van der Waals surface area contributed by atoms with Gasteiger partial charge >= 0.3 is 0 Å². The molecule has 1 N–H and O–H groups in total. The summed E-state index contributed by atoms with van der Waals surface area (Å²) in [4.78, 5) is 2.72. The SMILES string of the molecule is CC(C)CC1CNCCN2CCCC12. The van der Waals surface area contributed by atoms with E-state index in [0.717, 1.165) is 17.9 Å². The Morgan fingerprint density at radius 1 is 1.36 bits per heavy atom. The molecule has 0 aliphatic carbocycles. The summed E-state index contributed by atoms with van der Waals surface area (Å²) in [6.45, 7) is 9.78. The van der Waals surface area contributed by atoms with E-state index in [4.69, 9.17) is 0 Å². The Balaban J connectivity index is 1.98. The summed E-state index contributed by atoms with van der Waals surface area (Å²) >= 11 is 0. The molecule has 0 aromatic rings. The van der Waals surface area contributed by atoms with Crippen molar-refractivity contribution in [3.8, 4) is 0 Å². The first-order chi connectivity index (χ1) is 6.77. The monoisotopic (exact) mass is 196 g/mol. The van der Waals surface area contributed by atoms with Crippen molar-refractivity contribution in [3.63, 3.8) is 0 Å². The van der Waals surface area contributed by atoms with Gasteiger partial charge in [0.15, 0.2) is 0 Å². The van der Waals surface area contributed by atoms with Crippen LogP contribution in [0.2, 0.25) is 0 Å². The van der Waals surface area contributed by atoms with Gasteiger partial charge in [0.05, 0.1) is 0 Å². The zero-order chi connectivity index (χ0) is 9.97. The second-order valence-corrected chi connectivity index (χ2v) is 5.34. The zero-order valence-corrected chi connectivity index (χ0v) is 9.63. The Hall–Kier alpha value is -0.0800. The first-order valence-corrected chi connectivity index (χ1v) is 6.22. The van der Waals surface area contributed by atoms with Crippen molar-refractivity contribution in [2.24, 2.45) is 11.8 Å². The number of rotatable bonds is 2. The zero-order valence-electron chi connectivity index (χ0n) is 9.63. The topological polar surface area (TPSA) is 15.3 Å². The molecule has 0 spiro atoms. The molecule has 2 heterocycles. The lowest BCUT2D eigenvalue weighted by molar-refractivity contribution is 0.197. The Labute approximate surface area is 88.1 Å². The van der Waals surface area contributed by atoms with Crippen LogP contribution in [0.25, 0.3) is 0 Å². The summed E-state index contributed by atoms with van der Waals surface area (Å²) in [6.07, 6.45) is 4.27. The van der Waals surface area contributed by atoms with E-state index in [1.54, 1.807) is 0 Å². The standard InChI is InChI=1S/C12H24N2/c1-10(2)8-11-9-13-5-7-14-6-3-4-12(11)14/h10-13H,3-9H2,1-2H3. The van der Waals surface area contributed by atoms with E-state index in [1.807, 2.05) is 0 Å². The van der Waals surface area contributed by atoms with Gasteiger partial charge in [0.25, 0.3) is 0 Å². The molecule has 14 heavy (non-hydrogen) atoms. The molecule has 2 rings (SSSR count). The maximum absolute atomic E-state index is 3.59. The molecule has 2 atom stereocenters. The molecular weight excluding hydrogens is 172 g/mol. The lowest BCUT2D eigenvalue weighted by Gasteiger charge is -2.29. The molecule has 2 heteroatoms. The van der Waals surface area contributed by atoms with Crippen molar-refractivity contribution in [1.29, 1.82) is 0 Å². The van der Waals surface area contributed by atoms with Crippen molar-refractivity contribution in [3.05, 3.63) is 0 Å². The van der Waals surface area contributed by atoms with E-state index in [9.17, 15) is 0 Å². The van der Waals surface area contributed by atoms with Gasteiger partial charge in [0.1, 0.15) is 0 Å². The Bertz CT molecular complexity index is 179. The lowest BCUT2D eigenvalue weighted by atomic mass is 9.89. The Morgan fingerprint density at radius 3 is 3.00 bits per heavy atom. The highest BCUT2D eigenvalue weighted by Crippen LogP contribution is 2.28. The van der Waals surface area contributed by atoms with E-state index in [0.29, 0.717) is 0 Å². The molecule has 2 unspecified atom stereocenters. The molecule has 2 nitrogen and oxygen atoms in total. The molecule has 0 saturated carbocycles. The van der Waals surface area contributed by atoms with Crippen LogP contribution in [-0.2, 0) is 0 Å². The molecule has 2 fully saturated rings. The fraction of sp³-hybridized carbons (Fsp3) is 1.00. The maximum atomic E-state index is 3.59. The molecule has 2 aliphatic heterocycles. The summed E-state index contributed by atoms with van der Waals surface area (Å²) in [5, 5.41) is 3.59. The first kappa shape index (κ1) is 10.4. The van der Waals surface area contributed by atoms with Gasteiger partial charge in [-0.15, -0.1) is 0 Å². The highest BCUT2D eigenvalue weighted by atomic mass is 15.2. The van der Waals surface area contributed by atoms with Gasteiger partial charge in [0.2, 0.25) is 0 Å². The molecule has 0 radical (unpaired) electrons. The quantitative estimate of drug-likeness (QED) is 0.723. The van der Waals surface area contributed by atoms with E-state index in [-0.39, 0.29) is 0 Å². The number of nitrogens with zero attached hydrogens (tertiary/aromatic N) is 1. The average molecular weight is 196 g/mol. The fourth-order valence-electron chi connectivity index (χ4n) is 3.16. The van der Waals surface area contributed by atoms with Gasteiger partial charge in [-0.25, -0.2) is 0 Å². The minimum Gasteiger partial charge on any atom is -0.315 e. The van der Waals surface area contributed by atoms with E-state index in [1.165, 1.54) is 45.4 Å². The molecular formula is C12H24N2. The minimum absolute atomic E-state index is 0.849. The largest absolute Gasteiger partial charge is 0.315 e. The van der Waals surface area contributed by atoms with Gasteiger partial charge in [-0.3, -0.25) is 4.90 Å². The third-order valence-electron chi connectivity index (χ3n) is 3.71. The molecule has 0 aromatic carbocycles. The molecule has 0 amide bonds. The second-order valence-electron chi connectivity index (χ2n) is 5.34. The van der Waals surface area contributed by atoms with Crippen LogP contribution in [0, 0.1) is 11.8 Å². The van der Waals surface area contributed by atoms with E-state index >= 15 is 0 Å². The van der Waals surface area contributed by atoms with Crippen molar-refractivity contribution in [2.45, 2.75) is 39.2 Å². The Morgan fingerprint density at radius 2 is 2.21 bits per heavy atom. The second kappa shape index (κ2) is 4.63. The number of fused-ring (bicyclic) bond motifs is 1. The molecule has 0 aromatic heterocycles. The predicted octanol–water partition coefficient (Wildman–Crippen LogP) is 1.72. The molecule has 2 aliphatic rings. The predicted molar refractivity (Wildman–Crippen MR) is 60.4 cm³/mol. The molecule has 82 valence electrons. The van der Waals surface area contributed by atoms with Crippen LogP contribution >= 0.6 is 0 Å². The van der Waals surface area contributed by atoms with E-state index < -0.39 is 0 Å². The van der Waals surface area contributed by atoms with Crippen LogP contribution in [0.1, 0.15) is 33.1 Å². The van der Waals surface area contributed by atoms with E-state index in [2.05, 4.69) is 24.1 Å². The number of nitrogens with one attached hydrogen (secondary N) is 1. The summed E-state index contributed by atoms with van der Waals surface area (Å²) < 4.78 is 0. The minimum atomic E-state index is 0.849. The van der Waals surface area contributed by atoms with Crippen molar-refractivity contribution in [1.82, 2.24) is 10.2 Å². The number of hydrogen-bond acceptors (Lipinski definition) is 2. The summed E-state index contributed by atoms with van der Waals surface area (Å²) in [6, 6.07) is 0.896. The maximum Gasteiger partial charge on any atom is 0.0137 e. The highest BCUT2D eigenvalue weighted by molar-refractivity contribution is 4.89. The van der Waals surface area contributed by atoms with Crippen molar-refractivity contribution >= 4 is 0 Å². The third-order valence-corrected chi connectivity index (χ3v) is 3.71. The first-order valence-electron chi connectivity index (χ1n) is 6.22. The fourth-order valence-corrected chi connectivity index (χ4v) is 3.16. The van der Waals surface area contributed by atoms with Gasteiger partial charge in [0, 0.05) is 19.1 Å². The van der Waals surface area contributed by atoms with Crippen LogP contribution in [0.5, 0.6) is 0 Å². The smallest absolute Gasteiger partial charge is 0.0137 e. The Kier molecular flexibility index (Phi) is 3.45. The van der Waals surface area contributed by atoms with Gasteiger partial charge < -0.3 is 5.32 Å². The summed E-state index contributed by atoms with van der Waals surface area (Å²) in [5.41, 5.74) is 0. The third kappa shape index (κ3) is 2.29. The van der Waals surface area contributed by atoms with Crippen LogP contribution in [0.4, 0.5) is 0 Å². The van der Waals surface area contributed by atoms with Crippen LogP contribution in [0.15, 0.2) is 0 Å². The van der Waals surface area contributed by atoms with Gasteiger partial charge in [-0.05, 0) is 44.2 Å². The summed E-state index contributed by atoms with van der Waals surface area (Å²) in [5.74, 6) is 1.75. The number of hydrogen-bond donors (Lipinski definition) is 1. The normalized spacial score (nSPS) is 34.5. The van der Waals surface area contributed by atoms with Crippen molar-refractivity contribution < 1.29 is 0 Å². The van der Waals surface area contributed by atoms with Crippen LogP contribution in [-0.4, -0.2) is 37.1 Å². The van der Waals surface area contributed by atoms with Crippen LogP contribution in [0.3, 0.4) is 0 Å². The van der Waals surface area contributed by atoms with Gasteiger partial charge in [-0.2, -0.15) is 0 Å². The molecule has 2 saturated heterocycles. The average Bonchev–Trinajstić information content (AvgIpc) is 2.51. The van der Waals surface area contributed by atoms with Crippen LogP contribution < -0.4 is 5.32 Å². The van der Waals surface area contributed by atoms with Gasteiger partial charge in [-0.1, -0.05) is 13.8 Å². The van der Waals surface area contributed by atoms with Crippen molar-refractivity contribution in [2.75, 3.05) is 26.2 Å². The molecule has 0 bridgehead atoms.